The number of anilines is 1. The van der Waals surface area contributed by atoms with E-state index in [1.54, 1.807) is 12.4 Å². The standard InChI is InChI=1S/C21H22N6O.H2S/c1-2-14-3-4-15(9-16(14)11-22)18-10-19-20(25-6-5-24-19)21(27-18)26-13-17-12-23-7-8-28-17;/h3-6,9-10,17,23H,2,7-8,12-13H2,1H3,(H,26,27);1H2/t17-;/m0./s1. The molecule has 1 aliphatic heterocycles. The van der Waals surface area contributed by atoms with Crippen LogP contribution in [-0.4, -0.2) is 47.3 Å². The molecule has 0 saturated carbocycles. The fourth-order valence-electron chi connectivity index (χ4n) is 3.35. The number of nitriles is 1. The number of morpholine rings is 1. The van der Waals surface area contributed by atoms with Crippen LogP contribution < -0.4 is 10.6 Å². The van der Waals surface area contributed by atoms with Crippen molar-refractivity contribution in [2.75, 3.05) is 31.6 Å². The summed E-state index contributed by atoms with van der Waals surface area (Å²) in [5.74, 6) is 0.674. The van der Waals surface area contributed by atoms with Gasteiger partial charge in [0.1, 0.15) is 5.52 Å². The third-order valence-electron chi connectivity index (χ3n) is 4.87. The van der Waals surface area contributed by atoms with Gasteiger partial charge in [-0.2, -0.15) is 18.8 Å². The van der Waals surface area contributed by atoms with Gasteiger partial charge in [-0.25, -0.2) is 9.97 Å². The highest BCUT2D eigenvalue weighted by Crippen LogP contribution is 2.27. The minimum Gasteiger partial charge on any atom is -0.374 e. The van der Waals surface area contributed by atoms with Crippen LogP contribution in [0.15, 0.2) is 36.7 Å². The van der Waals surface area contributed by atoms with Crippen LogP contribution in [0.3, 0.4) is 0 Å². The average Bonchev–Trinajstić information content (AvgIpc) is 2.77. The van der Waals surface area contributed by atoms with E-state index in [0.29, 0.717) is 24.5 Å². The van der Waals surface area contributed by atoms with Crippen LogP contribution in [0.1, 0.15) is 18.1 Å². The first-order valence-corrected chi connectivity index (χ1v) is 9.50. The van der Waals surface area contributed by atoms with E-state index in [1.165, 1.54) is 0 Å². The SMILES string of the molecule is CCc1ccc(-c2cc3nccnc3c(NC[C@@H]3CNCCO3)n2)cc1C#N.S. The van der Waals surface area contributed by atoms with E-state index in [2.05, 4.69) is 26.7 Å². The van der Waals surface area contributed by atoms with Gasteiger partial charge in [-0.1, -0.05) is 19.1 Å². The average molecular weight is 409 g/mol. The molecule has 0 aliphatic carbocycles. The number of fused-ring (bicyclic) bond motifs is 1. The summed E-state index contributed by atoms with van der Waals surface area (Å²) < 4.78 is 5.76. The van der Waals surface area contributed by atoms with Crippen molar-refractivity contribution < 1.29 is 4.74 Å². The molecule has 1 fully saturated rings. The minimum absolute atomic E-state index is 0. The summed E-state index contributed by atoms with van der Waals surface area (Å²) >= 11 is 0. The Kier molecular flexibility index (Phi) is 6.99. The number of hydrogen-bond acceptors (Lipinski definition) is 7. The van der Waals surface area contributed by atoms with Crippen molar-refractivity contribution in [2.24, 2.45) is 0 Å². The largest absolute Gasteiger partial charge is 0.374 e. The second-order valence-corrected chi connectivity index (χ2v) is 6.70. The number of ether oxygens (including phenoxy) is 1. The van der Waals surface area contributed by atoms with Crippen LogP contribution in [0.25, 0.3) is 22.3 Å². The van der Waals surface area contributed by atoms with Gasteiger partial charge < -0.3 is 15.4 Å². The maximum atomic E-state index is 9.45. The maximum Gasteiger partial charge on any atom is 0.154 e. The van der Waals surface area contributed by atoms with Crippen molar-refractivity contribution in [3.8, 4) is 17.3 Å². The van der Waals surface area contributed by atoms with Crippen molar-refractivity contribution in [3.05, 3.63) is 47.8 Å². The van der Waals surface area contributed by atoms with Crippen LogP contribution in [-0.2, 0) is 11.2 Å². The fraction of sp³-hybridized carbons (Fsp3) is 0.333. The molecule has 3 aromatic rings. The molecule has 1 saturated heterocycles. The van der Waals surface area contributed by atoms with Crippen molar-refractivity contribution in [1.82, 2.24) is 20.3 Å². The molecule has 0 radical (unpaired) electrons. The molecule has 29 heavy (non-hydrogen) atoms. The molecule has 4 rings (SSSR count). The molecule has 0 amide bonds. The van der Waals surface area contributed by atoms with E-state index in [1.807, 2.05) is 31.2 Å². The lowest BCUT2D eigenvalue weighted by atomic mass is 10.0. The quantitative estimate of drug-likeness (QED) is 0.670. The van der Waals surface area contributed by atoms with Gasteiger partial charge in [0.2, 0.25) is 0 Å². The van der Waals surface area contributed by atoms with E-state index in [-0.39, 0.29) is 19.6 Å². The van der Waals surface area contributed by atoms with Gasteiger partial charge in [0.05, 0.1) is 35.6 Å². The molecule has 2 aromatic heterocycles. The molecular weight excluding hydrogens is 384 g/mol. The second kappa shape index (κ2) is 9.65. The van der Waals surface area contributed by atoms with Gasteiger partial charge in [0, 0.05) is 37.6 Å². The molecule has 1 aliphatic rings. The lowest BCUT2D eigenvalue weighted by Crippen LogP contribution is -2.42. The summed E-state index contributed by atoms with van der Waals surface area (Å²) in [5.41, 5.74) is 4.85. The summed E-state index contributed by atoms with van der Waals surface area (Å²) in [4.78, 5) is 13.7. The monoisotopic (exact) mass is 408 g/mol. The number of aryl methyl sites for hydroxylation is 1. The van der Waals surface area contributed by atoms with E-state index >= 15 is 0 Å². The lowest BCUT2D eigenvalue weighted by molar-refractivity contribution is 0.0372. The van der Waals surface area contributed by atoms with Gasteiger partial charge in [-0.3, -0.25) is 4.98 Å². The van der Waals surface area contributed by atoms with Crippen LogP contribution in [0.2, 0.25) is 0 Å². The molecule has 0 unspecified atom stereocenters. The zero-order valence-electron chi connectivity index (χ0n) is 16.3. The summed E-state index contributed by atoms with van der Waals surface area (Å²) in [7, 11) is 0. The molecule has 8 heteroatoms. The molecule has 3 heterocycles. The molecule has 0 bridgehead atoms. The molecule has 1 atom stereocenters. The highest BCUT2D eigenvalue weighted by molar-refractivity contribution is 7.59. The molecular formula is C21H24N6OS. The number of benzene rings is 1. The zero-order valence-corrected chi connectivity index (χ0v) is 17.3. The summed E-state index contributed by atoms with van der Waals surface area (Å²) in [6.07, 6.45) is 4.24. The maximum absolute atomic E-state index is 9.45. The lowest BCUT2D eigenvalue weighted by Gasteiger charge is -2.24. The first-order chi connectivity index (χ1) is 13.8. The van der Waals surface area contributed by atoms with Crippen molar-refractivity contribution in [3.63, 3.8) is 0 Å². The van der Waals surface area contributed by atoms with Gasteiger partial charge in [-0.05, 0) is 24.1 Å². The van der Waals surface area contributed by atoms with Gasteiger partial charge in [-0.15, -0.1) is 0 Å². The number of rotatable bonds is 5. The normalized spacial score (nSPS) is 16.1. The summed E-state index contributed by atoms with van der Waals surface area (Å²) in [6, 6.07) is 10.1. The highest BCUT2D eigenvalue weighted by atomic mass is 32.1. The van der Waals surface area contributed by atoms with Crippen LogP contribution in [0, 0.1) is 11.3 Å². The Morgan fingerprint density at radius 3 is 2.90 bits per heavy atom. The Hall–Kier alpha value is -2.73. The van der Waals surface area contributed by atoms with Gasteiger partial charge >= 0.3 is 0 Å². The molecule has 2 N–H and O–H groups in total. The third kappa shape index (κ3) is 4.65. The Balaban J connectivity index is 0.00000240. The van der Waals surface area contributed by atoms with Crippen molar-refractivity contribution in [1.29, 1.82) is 5.26 Å². The number of hydrogen-bond donors (Lipinski definition) is 2. The van der Waals surface area contributed by atoms with Crippen molar-refractivity contribution in [2.45, 2.75) is 19.4 Å². The van der Waals surface area contributed by atoms with E-state index < -0.39 is 0 Å². The summed E-state index contributed by atoms with van der Waals surface area (Å²) in [6.45, 7) is 5.08. The second-order valence-electron chi connectivity index (χ2n) is 6.70. The molecule has 1 aromatic carbocycles. The Morgan fingerprint density at radius 1 is 1.28 bits per heavy atom. The number of aromatic nitrogens is 3. The fourth-order valence-corrected chi connectivity index (χ4v) is 3.35. The molecule has 7 nitrogen and oxygen atoms in total. The predicted molar refractivity (Wildman–Crippen MR) is 118 cm³/mol. The topological polar surface area (TPSA) is 95.8 Å². The highest BCUT2D eigenvalue weighted by Gasteiger charge is 2.16. The number of nitrogens with zero attached hydrogens (tertiary/aromatic N) is 4. The number of pyridine rings is 1. The minimum atomic E-state index is 0. The van der Waals surface area contributed by atoms with Crippen molar-refractivity contribution >= 4 is 30.3 Å². The first-order valence-electron chi connectivity index (χ1n) is 9.50. The van der Waals surface area contributed by atoms with Crippen LogP contribution in [0.5, 0.6) is 0 Å². The van der Waals surface area contributed by atoms with Gasteiger partial charge in [0.15, 0.2) is 5.82 Å². The predicted octanol–water partition coefficient (Wildman–Crippen LogP) is 2.64. The van der Waals surface area contributed by atoms with E-state index in [9.17, 15) is 5.26 Å². The molecule has 0 spiro atoms. The smallest absolute Gasteiger partial charge is 0.154 e. The van der Waals surface area contributed by atoms with Crippen LogP contribution in [0.4, 0.5) is 5.82 Å². The Labute approximate surface area is 177 Å². The van der Waals surface area contributed by atoms with E-state index in [4.69, 9.17) is 9.72 Å². The third-order valence-corrected chi connectivity index (χ3v) is 4.87. The Morgan fingerprint density at radius 2 is 2.14 bits per heavy atom. The molecule has 150 valence electrons. The first kappa shape index (κ1) is 21.0. The zero-order chi connectivity index (χ0) is 19.3. The van der Waals surface area contributed by atoms with E-state index in [0.717, 1.165) is 47.4 Å². The summed E-state index contributed by atoms with van der Waals surface area (Å²) in [5, 5.41) is 16.2. The number of nitrogens with one attached hydrogen (secondary N) is 2. The Bertz CT molecular complexity index is 1030. The van der Waals surface area contributed by atoms with Crippen LogP contribution >= 0.6 is 13.5 Å². The van der Waals surface area contributed by atoms with Gasteiger partial charge in [0.25, 0.3) is 0 Å².